The van der Waals surface area contributed by atoms with Crippen LogP contribution in [0.2, 0.25) is 0 Å². The summed E-state index contributed by atoms with van der Waals surface area (Å²) in [6.07, 6.45) is 3.07. The number of likely N-dealkylation sites (tertiary alicyclic amines) is 1. The van der Waals surface area contributed by atoms with Crippen LogP contribution in [-0.4, -0.2) is 47.0 Å². The smallest absolute Gasteiger partial charge is 0.123 e. The fourth-order valence-electron chi connectivity index (χ4n) is 2.84. The Morgan fingerprint density at radius 3 is 2.89 bits per heavy atom. The van der Waals surface area contributed by atoms with E-state index in [0.717, 1.165) is 25.7 Å². The number of nitrogens with zero attached hydrogens (tertiary/aromatic N) is 3. The van der Waals surface area contributed by atoms with E-state index in [2.05, 4.69) is 34.7 Å². The van der Waals surface area contributed by atoms with Crippen molar-refractivity contribution in [1.82, 2.24) is 14.8 Å². The van der Waals surface area contributed by atoms with Gasteiger partial charge in [0.2, 0.25) is 0 Å². The molecule has 0 radical (unpaired) electrons. The molecule has 1 atom stereocenters. The van der Waals surface area contributed by atoms with E-state index in [9.17, 15) is 0 Å². The molecule has 1 aliphatic heterocycles. The van der Waals surface area contributed by atoms with Crippen LogP contribution in [0.1, 0.15) is 25.8 Å². The van der Waals surface area contributed by atoms with Gasteiger partial charge in [0.1, 0.15) is 5.82 Å². The summed E-state index contributed by atoms with van der Waals surface area (Å²) in [6.45, 7) is 10.1. The summed E-state index contributed by atoms with van der Waals surface area (Å²) < 4.78 is 0. The van der Waals surface area contributed by atoms with Crippen LogP contribution in [0, 0.1) is 0 Å². The average molecular weight is 248 g/mol. The zero-order valence-corrected chi connectivity index (χ0v) is 11.5. The zero-order valence-electron chi connectivity index (χ0n) is 11.5. The number of hydrogen-bond acceptors (Lipinski definition) is 4. The quantitative estimate of drug-likeness (QED) is 0.859. The van der Waals surface area contributed by atoms with Crippen LogP contribution in [0.25, 0.3) is 0 Å². The minimum absolute atomic E-state index is 0.618. The normalized spacial score (nSPS) is 20.7. The fourth-order valence-corrected chi connectivity index (χ4v) is 2.84. The minimum Gasteiger partial charge on any atom is -0.384 e. The number of hydrogen-bond donors (Lipinski definition) is 1. The highest BCUT2D eigenvalue weighted by Gasteiger charge is 2.25. The topological polar surface area (TPSA) is 45.4 Å². The summed E-state index contributed by atoms with van der Waals surface area (Å²) in [5, 5.41) is 0. The summed E-state index contributed by atoms with van der Waals surface area (Å²) in [4.78, 5) is 9.10. The molecule has 1 unspecified atom stereocenters. The monoisotopic (exact) mass is 248 g/mol. The highest BCUT2D eigenvalue weighted by molar-refractivity contribution is 5.31. The number of anilines is 1. The molecule has 4 heteroatoms. The van der Waals surface area contributed by atoms with Crippen LogP contribution in [0.15, 0.2) is 18.3 Å². The molecule has 0 saturated carbocycles. The van der Waals surface area contributed by atoms with Gasteiger partial charge in [0.25, 0.3) is 0 Å². The number of aromatic nitrogens is 1. The first-order chi connectivity index (χ1) is 8.72. The van der Waals surface area contributed by atoms with Crippen molar-refractivity contribution >= 4 is 5.82 Å². The molecule has 0 aliphatic carbocycles. The summed E-state index contributed by atoms with van der Waals surface area (Å²) in [7, 11) is 0. The van der Waals surface area contributed by atoms with E-state index in [1.165, 1.54) is 25.1 Å². The summed E-state index contributed by atoms with van der Waals surface area (Å²) in [5.74, 6) is 0.618. The highest BCUT2D eigenvalue weighted by Crippen LogP contribution is 2.18. The van der Waals surface area contributed by atoms with Gasteiger partial charge in [0.15, 0.2) is 0 Å². The Bertz CT molecular complexity index is 376. The molecule has 0 aromatic carbocycles. The zero-order chi connectivity index (χ0) is 13.0. The molecular weight excluding hydrogens is 224 g/mol. The van der Waals surface area contributed by atoms with Crippen molar-refractivity contribution in [3.05, 3.63) is 23.9 Å². The van der Waals surface area contributed by atoms with Crippen molar-refractivity contribution in [2.75, 3.05) is 31.9 Å². The molecule has 2 heterocycles. The van der Waals surface area contributed by atoms with E-state index in [0.29, 0.717) is 5.82 Å². The molecule has 18 heavy (non-hydrogen) atoms. The molecular formula is C14H24N4. The molecule has 0 spiro atoms. The van der Waals surface area contributed by atoms with Crippen LogP contribution in [0.3, 0.4) is 0 Å². The molecule has 2 N–H and O–H groups in total. The Kier molecular flexibility index (Phi) is 4.55. The van der Waals surface area contributed by atoms with E-state index in [4.69, 9.17) is 5.73 Å². The number of pyridine rings is 1. The fraction of sp³-hybridized carbons (Fsp3) is 0.643. The number of nitrogens with two attached hydrogens (primary N) is 1. The number of nitrogen functional groups attached to an aromatic ring is 1. The van der Waals surface area contributed by atoms with Crippen LogP contribution < -0.4 is 5.73 Å². The second-order valence-corrected chi connectivity index (χ2v) is 4.99. The van der Waals surface area contributed by atoms with Crippen molar-refractivity contribution in [2.45, 2.75) is 32.9 Å². The molecule has 4 nitrogen and oxygen atoms in total. The summed E-state index contributed by atoms with van der Waals surface area (Å²) in [6, 6.07) is 4.76. The van der Waals surface area contributed by atoms with Crippen molar-refractivity contribution in [2.24, 2.45) is 0 Å². The van der Waals surface area contributed by atoms with Gasteiger partial charge in [-0.1, -0.05) is 13.8 Å². The molecule has 1 saturated heterocycles. The number of likely N-dealkylation sites (N-methyl/N-ethyl adjacent to an activating group) is 1. The van der Waals surface area contributed by atoms with Crippen molar-refractivity contribution in [3.8, 4) is 0 Å². The Balaban J connectivity index is 1.89. The molecule has 1 aliphatic rings. The molecule has 1 aromatic rings. The Labute approximate surface area is 110 Å². The largest absolute Gasteiger partial charge is 0.384 e. The predicted octanol–water partition coefficient (Wildman–Crippen LogP) is 1.58. The van der Waals surface area contributed by atoms with Crippen LogP contribution in [0.5, 0.6) is 0 Å². The third-order valence-electron chi connectivity index (χ3n) is 3.83. The van der Waals surface area contributed by atoms with Crippen molar-refractivity contribution in [3.63, 3.8) is 0 Å². The van der Waals surface area contributed by atoms with Gasteiger partial charge in [0.05, 0.1) is 0 Å². The lowest BCUT2D eigenvalue weighted by Crippen LogP contribution is -2.37. The Morgan fingerprint density at radius 1 is 1.44 bits per heavy atom. The van der Waals surface area contributed by atoms with Crippen molar-refractivity contribution < 1.29 is 0 Å². The highest BCUT2D eigenvalue weighted by atomic mass is 15.2. The van der Waals surface area contributed by atoms with Gasteiger partial charge in [0, 0.05) is 31.9 Å². The Morgan fingerprint density at radius 2 is 2.22 bits per heavy atom. The van der Waals surface area contributed by atoms with Crippen LogP contribution in [-0.2, 0) is 6.54 Å². The maximum absolute atomic E-state index is 5.71. The lowest BCUT2D eigenvalue weighted by molar-refractivity contribution is 0.209. The lowest BCUT2D eigenvalue weighted by Gasteiger charge is -2.26. The van der Waals surface area contributed by atoms with Crippen molar-refractivity contribution in [1.29, 1.82) is 0 Å². The SMILES string of the molecule is CCN(CC)C1CCN(Cc2ccnc(N)c2)C1. The van der Waals surface area contributed by atoms with E-state index < -0.39 is 0 Å². The third-order valence-corrected chi connectivity index (χ3v) is 3.83. The maximum atomic E-state index is 5.71. The van der Waals surface area contributed by atoms with Gasteiger partial charge < -0.3 is 5.73 Å². The van der Waals surface area contributed by atoms with E-state index >= 15 is 0 Å². The second-order valence-electron chi connectivity index (χ2n) is 4.99. The van der Waals surface area contributed by atoms with Crippen LogP contribution >= 0.6 is 0 Å². The van der Waals surface area contributed by atoms with Gasteiger partial charge in [-0.15, -0.1) is 0 Å². The molecule has 100 valence electrons. The molecule has 1 aromatic heterocycles. The summed E-state index contributed by atoms with van der Waals surface area (Å²) in [5.41, 5.74) is 6.98. The molecule has 1 fully saturated rings. The van der Waals surface area contributed by atoms with Gasteiger partial charge in [-0.2, -0.15) is 0 Å². The van der Waals surface area contributed by atoms with E-state index in [1.807, 2.05) is 6.07 Å². The first-order valence-electron chi connectivity index (χ1n) is 6.89. The average Bonchev–Trinajstić information content (AvgIpc) is 2.79. The standard InChI is InChI=1S/C14H24N4/c1-3-18(4-2)13-6-8-17(11-13)10-12-5-7-16-14(15)9-12/h5,7,9,13H,3-4,6,8,10-11H2,1-2H3,(H2,15,16). The van der Waals surface area contributed by atoms with Gasteiger partial charge in [-0.3, -0.25) is 9.80 Å². The van der Waals surface area contributed by atoms with Gasteiger partial charge in [-0.05, 0) is 37.2 Å². The predicted molar refractivity (Wildman–Crippen MR) is 75.3 cm³/mol. The van der Waals surface area contributed by atoms with Gasteiger partial charge in [-0.25, -0.2) is 4.98 Å². The third kappa shape index (κ3) is 3.21. The molecule has 0 bridgehead atoms. The maximum Gasteiger partial charge on any atom is 0.123 e. The number of rotatable bonds is 5. The first kappa shape index (κ1) is 13.3. The lowest BCUT2D eigenvalue weighted by atomic mass is 10.2. The van der Waals surface area contributed by atoms with Gasteiger partial charge >= 0.3 is 0 Å². The molecule has 2 rings (SSSR count). The summed E-state index contributed by atoms with van der Waals surface area (Å²) >= 11 is 0. The van der Waals surface area contributed by atoms with Crippen LogP contribution in [0.4, 0.5) is 5.82 Å². The van der Waals surface area contributed by atoms with E-state index in [1.54, 1.807) is 6.20 Å². The minimum atomic E-state index is 0.618. The Hall–Kier alpha value is -1.13. The first-order valence-corrected chi connectivity index (χ1v) is 6.89. The second kappa shape index (κ2) is 6.16. The van der Waals surface area contributed by atoms with E-state index in [-0.39, 0.29) is 0 Å². The molecule has 0 amide bonds.